The van der Waals surface area contributed by atoms with Gasteiger partial charge in [-0.25, -0.2) is 0 Å². The lowest BCUT2D eigenvalue weighted by molar-refractivity contribution is -0.116. The number of hydrogen-bond acceptors (Lipinski definition) is 5. The Morgan fingerprint density at radius 2 is 1.83 bits per heavy atom. The molecule has 148 valence electrons. The largest absolute Gasteiger partial charge is 0.454 e. The quantitative estimate of drug-likeness (QED) is 0.595. The average molecular weight is 408 g/mol. The Kier molecular flexibility index (Phi) is 5.76. The normalized spacial score (nSPS) is 11.9. The Bertz CT molecular complexity index is 1020. The Morgan fingerprint density at radius 1 is 0.966 bits per heavy atom. The highest BCUT2D eigenvalue weighted by Gasteiger charge is 2.17. The third kappa shape index (κ3) is 4.75. The van der Waals surface area contributed by atoms with E-state index in [9.17, 15) is 9.59 Å². The van der Waals surface area contributed by atoms with Gasteiger partial charge in [0, 0.05) is 23.1 Å². The molecule has 2 heterocycles. The number of amides is 2. The Balaban J connectivity index is 1.38. The maximum atomic E-state index is 12.8. The first-order valence-corrected chi connectivity index (χ1v) is 10.2. The van der Waals surface area contributed by atoms with Gasteiger partial charge in [-0.2, -0.15) is 0 Å². The van der Waals surface area contributed by atoms with E-state index in [2.05, 4.69) is 16.7 Å². The van der Waals surface area contributed by atoms with E-state index >= 15 is 0 Å². The van der Waals surface area contributed by atoms with Gasteiger partial charge in [-0.05, 0) is 48.6 Å². The maximum Gasteiger partial charge on any atom is 0.257 e. The molecule has 0 radical (unpaired) electrons. The van der Waals surface area contributed by atoms with Crippen LogP contribution < -0.4 is 20.1 Å². The highest BCUT2D eigenvalue weighted by Crippen LogP contribution is 2.34. The summed E-state index contributed by atoms with van der Waals surface area (Å²) in [6, 6.07) is 16.3. The van der Waals surface area contributed by atoms with E-state index in [0.717, 1.165) is 12.8 Å². The summed E-state index contributed by atoms with van der Waals surface area (Å²) in [4.78, 5) is 26.4. The van der Waals surface area contributed by atoms with Crippen LogP contribution in [0.25, 0.3) is 0 Å². The molecule has 1 aromatic heterocycles. The number of benzene rings is 2. The van der Waals surface area contributed by atoms with Crippen LogP contribution >= 0.6 is 11.3 Å². The highest BCUT2D eigenvalue weighted by atomic mass is 32.1. The van der Waals surface area contributed by atoms with Crippen LogP contribution in [-0.4, -0.2) is 18.6 Å². The molecule has 0 saturated heterocycles. The Hall–Kier alpha value is -3.32. The second kappa shape index (κ2) is 8.79. The van der Waals surface area contributed by atoms with Gasteiger partial charge in [0.15, 0.2) is 11.5 Å². The third-order valence-electron chi connectivity index (χ3n) is 4.48. The van der Waals surface area contributed by atoms with Crippen LogP contribution in [0.2, 0.25) is 0 Å². The molecular weight excluding hydrogens is 388 g/mol. The van der Waals surface area contributed by atoms with E-state index in [4.69, 9.17) is 9.47 Å². The summed E-state index contributed by atoms with van der Waals surface area (Å²) in [7, 11) is 0. The molecule has 0 spiro atoms. The number of carbonyl (C=O) groups is 2. The number of hydrogen-bond donors (Lipinski definition) is 2. The lowest BCUT2D eigenvalue weighted by atomic mass is 10.1. The summed E-state index contributed by atoms with van der Waals surface area (Å²) < 4.78 is 10.6. The highest BCUT2D eigenvalue weighted by molar-refractivity contribution is 7.09. The molecule has 3 aromatic rings. The first-order valence-electron chi connectivity index (χ1n) is 9.31. The number of carbonyl (C=O) groups excluding carboxylic acids is 2. The van der Waals surface area contributed by atoms with Crippen molar-refractivity contribution >= 4 is 34.5 Å². The maximum absolute atomic E-state index is 12.8. The van der Waals surface area contributed by atoms with E-state index in [0.29, 0.717) is 34.9 Å². The molecule has 4 rings (SSSR count). The van der Waals surface area contributed by atoms with Crippen molar-refractivity contribution in [2.24, 2.45) is 0 Å². The van der Waals surface area contributed by atoms with Crippen molar-refractivity contribution < 1.29 is 19.1 Å². The second-order valence-electron chi connectivity index (χ2n) is 6.55. The van der Waals surface area contributed by atoms with Crippen LogP contribution in [0.15, 0.2) is 60.0 Å². The minimum Gasteiger partial charge on any atom is -0.454 e. The molecule has 0 aliphatic carbocycles. The van der Waals surface area contributed by atoms with Gasteiger partial charge in [0.05, 0.1) is 11.3 Å². The fraction of sp³-hybridized carbons (Fsp3) is 0.182. The van der Waals surface area contributed by atoms with Crippen molar-refractivity contribution in [2.45, 2.75) is 19.3 Å². The lowest BCUT2D eigenvalue weighted by Crippen LogP contribution is -2.18. The molecule has 0 unspecified atom stereocenters. The number of para-hydroxylation sites is 1. The van der Waals surface area contributed by atoms with Crippen molar-refractivity contribution in [1.29, 1.82) is 0 Å². The van der Waals surface area contributed by atoms with Gasteiger partial charge in [0.1, 0.15) is 0 Å². The first-order chi connectivity index (χ1) is 14.2. The van der Waals surface area contributed by atoms with Gasteiger partial charge < -0.3 is 20.1 Å². The molecule has 6 nitrogen and oxygen atoms in total. The fourth-order valence-corrected chi connectivity index (χ4v) is 3.80. The van der Waals surface area contributed by atoms with E-state index in [1.165, 1.54) is 4.88 Å². The number of ether oxygens (including phenoxy) is 2. The monoisotopic (exact) mass is 408 g/mol. The molecule has 0 bridgehead atoms. The topological polar surface area (TPSA) is 76.7 Å². The minimum absolute atomic E-state index is 0.107. The summed E-state index contributed by atoms with van der Waals surface area (Å²) in [5, 5.41) is 7.73. The van der Waals surface area contributed by atoms with Crippen LogP contribution in [0.5, 0.6) is 11.5 Å². The Morgan fingerprint density at radius 3 is 2.69 bits per heavy atom. The van der Waals surface area contributed by atoms with Crippen LogP contribution in [0.1, 0.15) is 28.1 Å². The minimum atomic E-state index is -0.307. The van der Waals surface area contributed by atoms with Gasteiger partial charge in [-0.1, -0.05) is 18.2 Å². The summed E-state index contributed by atoms with van der Waals surface area (Å²) in [5.41, 5.74) is 1.49. The second-order valence-corrected chi connectivity index (χ2v) is 7.58. The molecule has 2 amide bonds. The number of thiophene rings is 1. The Labute approximate surface area is 172 Å². The first kappa shape index (κ1) is 19.0. The van der Waals surface area contributed by atoms with E-state index in [1.807, 2.05) is 11.4 Å². The predicted molar refractivity (Wildman–Crippen MR) is 113 cm³/mol. The van der Waals surface area contributed by atoms with Crippen LogP contribution in [0.4, 0.5) is 11.4 Å². The summed E-state index contributed by atoms with van der Waals surface area (Å²) >= 11 is 1.69. The van der Waals surface area contributed by atoms with Crippen molar-refractivity contribution in [3.63, 3.8) is 0 Å². The third-order valence-corrected chi connectivity index (χ3v) is 5.42. The van der Waals surface area contributed by atoms with Gasteiger partial charge in [0.2, 0.25) is 12.7 Å². The average Bonchev–Trinajstić information content (AvgIpc) is 3.39. The fourth-order valence-electron chi connectivity index (χ4n) is 3.05. The number of anilines is 2. The van der Waals surface area contributed by atoms with Crippen LogP contribution in [-0.2, 0) is 11.2 Å². The number of rotatable bonds is 7. The van der Waals surface area contributed by atoms with E-state index < -0.39 is 0 Å². The molecule has 2 N–H and O–H groups in total. The van der Waals surface area contributed by atoms with Crippen LogP contribution in [0, 0.1) is 0 Å². The van der Waals surface area contributed by atoms with Gasteiger partial charge in [-0.3, -0.25) is 9.59 Å². The molecule has 0 atom stereocenters. The zero-order chi connectivity index (χ0) is 20.1. The van der Waals surface area contributed by atoms with E-state index in [1.54, 1.807) is 53.8 Å². The van der Waals surface area contributed by atoms with Crippen LogP contribution in [0.3, 0.4) is 0 Å². The van der Waals surface area contributed by atoms with Crippen molar-refractivity contribution in [3.05, 3.63) is 70.4 Å². The van der Waals surface area contributed by atoms with Crippen molar-refractivity contribution in [1.82, 2.24) is 0 Å². The molecular formula is C22H20N2O4S. The van der Waals surface area contributed by atoms with Gasteiger partial charge >= 0.3 is 0 Å². The predicted octanol–water partition coefficient (Wildman–Crippen LogP) is 4.69. The molecule has 29 heavy (non-hydrogen) atoms. The van der Waals surface area contributed by atoms with Crippen molar-refractivity contribution in [3.8, 4) is 11.5 Å². The molecule has 2 aromatic carbocycles. The summed E-state index contributed by atoms with van der Waals surface area (Å²) in [5.74, 6) is 0.830. The standard InChI is InChI=1S/C22H20N2O4S/c25-21(9-3-5-16-6-4-12-29-16)24-18-8-2-1-7-17(18)22(26)23-15-10-11-19-20(13-15)28-14-27-19/h1-2,4,6-8,10-13H,3,5,9,14H2,(H,23,26)(H,24,25). The van der Waals surface area contributed by atoms with Gasteiger partial charge in [0.25, 0.3) is 5.91 Å². The number of fused-ring (bicyclic) bond motifs is 1. The zero-order valence-corrected chi connectivity index (χ0v) is 16.5. The van der Waals surface area contributed by atoms with Crippen molar-refractivity contribution in [2.75, 3.05) is 17.4 Å². The van der Waals surface area contributed by atoms with Gasteiger partial charge in [-0.15, -0.1) is 11.3 Å². The molecule has 0 fully saturated rings. The molecule has 0 saturated carbocycles. The summed E-state index contributed by atoms with van der Waals surface area (Å²) in [6.45, 7) is 0.175. The lowest BCUT2D eigenvalue weighted by Gasteiger charge is -2.12. The molecule has 1 aliphatic rings. The molecule has 7 heteroatoms. The van der Waals surface area contributed by atoms with E-state index in [-0.39, 0.29) is 18.6 Å². The zero-order valence-electron chi connectivity index (χ0n) is 15.6. The molecule has 1 aliphatic heterocycles. The number of aryl methyl sites for hydroxylation is 1. The SMILES string of the molecule is O=C(CCCc1cccs1)Nc1ccccc1C(=O)Nc1ccc2c(c1)OCO2. The number of nitrogens with one attached hydrogen (secondary N) is 2. The smallest absolute Gasteiger partial charge is 0.257 e. The summed E-state index contributed by atoms with van der Waals surface area (Å²) in [6.07, 6.45) is 2.03.